The van der Waals surface area contributed by atoms with E-state index in [4.69, 9.17) is 9.47 Å². The molecule has 11 heteroatoms. The standard InChI is InChI=1S/C24H32N4O7/c1-24(2,3)35-23(33)27-11-9-26(10-12-27)20(30)16-7-5-6-8-18(16)25-19-17(22(32)34-4)15-28(13-14-29)21(19)31/h5-8,25,29H,9-15H2,1-4H3. The Morgan fingerprint density at radius 1 is 1.06 bits per heavy atom. The number of nitrogens with one attached hydrogen (secondary N) is 1. The van der Waals surface area contributed by atoms with Crippen molar-refractivity contribution in [2.24, 2.45) is 0 Å². The maximum absolute atomic E-state index is 13.3. The lowest BCUT2D eigenvalue weighted by atomic mass is 10.1. The number of nitrogens with zero attached hydrogens (tertiary/aromatic N) is 3. The summed E-state index contributed by atoms with van der Waals surface area (Å²) in [6.45, 7) is 6.53. The molecule has 2 N–H and O–H groups in total. The minimum atomic E-state index is -0.664. The van der Waals surface area contributed by atoms with Gasteiger partial charge in [-0.05, 0) is 32.9 Å². The lowest BCUT2D eigenvalue weighted by Crippen LogP contribution is -2.51. The van der Waals surface area contributed by atoms with Crippen molar-refractivity contribution < 1.29 is 33.8 Å². The molecule has 3 rings (SSSR count). The highest BCUT2D eigenvalue weighted by molar-refractivity contribution is 6.10. The van der Waals surface area contributed by atoms with E-state index in [9.17, 15) is 24.3 Å². The van der Waals surface area contributed by atoms with Crippen molar-refractivity contribution in [1.29, 1.82) is 0 Å². The van der Waals surface area contributed by atoms with Crippen LogP contribution in [0, 0.1) is 0 Å². The second-order valence-electron chi connectivity index (χ2n) is 9.23. The Morgan fingerprint density at radius 2 is 1.69 bits per heavy atom. The van der Waals surface area contributed by atoms with Crippen LogP contribution in [0.4, 0.5) is 10.5 Å². The van der Waals surface area contributed by atoms with Crippen LogP contribution in [-0.2, 0) is 19.1 Å². The van der Waals surface area contributed by atoms with E-state index in [0.717, 1.165) is 0 Å². The van der Waals surface area contributed by atoms with Gasteiger partial charge in [-0.15, -0.1) is 0 Å². The van der Waals surface area contributed by atoms with Crippen molar-refractivity contribution in [3.05, 3.63) is 41.1 Å². The lowest BCUT2D eigenvalue weighted by Gasteiger charge is -2.35. The summed E-state index contributed by atoms with van der Waals surface area (Å²) >= 11 is 0. The van der Waals surface area contributed by atoms with Crippen LogP contribution in [0.2, 0.25) is 0 Å². The zero-order chi connectivity index (χ0) is 25.8. The van der Waals surface area contributed by atoms with Gasteiger partial charge in [0.2, 0.25) is 0 Å². The third-order valence-electron chi connectivity index (χ3n) is 5.59. The molecule has 1 aromatic carbocycles. The monoisotopic (exact) mass is 488 g/mol. The Bertz CT molecular complexity index is 1020. The number of aliphatic hydroxyl groups is 1. The highest BCUT2D eigenvalue weighted by Gasteiger charge is 2.35. The van der Waals surface area contributed by atoms with Gasteiger partial charge >= 0.3 is 12.1 Å². The molecule has 0 aliphatic carbocycles. The van der Waals surface area contributed by atoms with Gasteiger partial charge in [0.05, 0.1) is 37.1 Å². The number of hydrogen-bond acceptors (Lipinski definition) is 8. The number of amides is 3. The van der Waals surface area contributed by atoms with E-state index in [0.29, 0.717) is 37.4 Å². The Labute approximate surface area is 204 Å². The van der Waals surface area contributed by atoms with E-state index >= 15 is 0 Å². The second kappa shape index (κ2) is 10.8. The van der Waals surface area contributed by atoms with E-state index in [-0.39, 0.29) is 36.9 Å². The van der Waals surface area contributed by atoms with Crippen LogP contribution in [0.1, 0.15) is 31.1 Å². The molecule has 1 saturated heterocycles. The number of benzene rings is 1. The number of esters is 1. The number of anilines is 1. The summed E-state index contributed by atoms with van der Waals surface area (Å²) in [5, 5.41) is 12.2. The molecule has 1 fully saturated rings. The maximum Gasteiger partial charge on any atom is 0.410 e. The first-order chi connectivity index (χ1) is 16.6. The van der Waals surface area contributed by atoms with Gasteiger partial charge in [-0.25, -0.2) is 9.59 Å². The van der Waals surface area contributed by atoms with E-state index in [1.54, 1.807) is 54.8 Å². The third kappa shape index (κ3) is 6.10. The van der Waals surface area contributed by atoms with Crippen LogP contribution in [0.5, 0.6) is 0 Å². The molecule has 3 amide bonds. The fourth-order valence-corrected chi connectivity index (χ4v) is 3.85. The van der Waals surface area contributed by atoms with Gasteiger partial charge in [-0.3, -0.25) is 9.59 Å². The van der Waals surface area contributed by atoms with Crippen molar-refractivity contribution in [1.82, 2.24) is 14.7 Å². The van der Waals surface area contributed by atoms with Crippen LogP contribution in [0.15, 0.2) is 35.5 Å². The number of rotatable bonds is 6. The lowest BCUT2D eigenvalue weighted by molar-refractivity contribution is -0.136. The minimum absolute atomic E-state index is 0.00284. The first-order valence-electron chi connectivity index (χ1n) is 11.4. The predicted molar refractivity (Wildman–Crippen MR) is 126 cm³/mol. The molecular weight excluding hydrogens is 456 g/mol. The van der Waals surface area contributed by atoms with Gasteiger partial charge in [0.1, 0.15) is 11.3 Å². The predicted octanol–water partition coefficient (Wildman–Crippen LogP) is 1.05. The normalized spacial score (nSPS) is 16.5. The fraction of sp³-hybridized carbons (Fsp3) is 0.500. The van der Waals surface area contributed by atoms with Crippen molar-refractivity contribution in [2.45, 2.75) is 26.4 Å². The van der Waals surface area contributed by atoms with Crippen LogP contribution < -0.4 is 5.32 Å². The molecular formula is C24H32N4O7. The molecule has 0 unspecified atom stereocenters. The number of methoxy groups -OCH3 is 1. The number of carbonyl (C=O) groups excluding carboxylic acids is 4. The molecule has 0 aromatic heterocycles. The molecule has 0 bridgehead atoms. The van der Waals surface area contributed by atoms with Crippen LogP contribution in [-0.4, -0.2) is 102 Å². The number of carbonyl (C=O) groups is 4. The smallest absolute Gasteiger partial charge is 0.410 e. The summed E-state index contributed by atoms with van der Waals surface area (Å²) in [7, 11) is 1.22. The zero-order valence-corrected chi connectivity index (χ0v) is 20.5. The molecule has 35 heavy (non-hydrogen) atoms. The Morgan fingerprint density at radius 3 is 2.29 bits per heavy atom. The summed E-state index contributed by atoms with van der Waals surface area (Å²) in [6.07, 6.45) is -0.416. The number of para-hydroxylation sites is 1. The number of ether oxygens (including phenoxy) is 2. The molecule has 0 atom stereocenters. The first kappa shape index (κ1) is 26.0. The van der Waals surface area contributed by atoms with Gasteiger partial charge < -0.3 is 34.6 Å². The summed E-state index contributed by atoms with van der Waals surface area (Å²) in [5.74, 6) is -1.40. The summed E-state index contributed by atoms with van der Waals surface area (Å²) < 4.78 is 10.2. The number of piperazine rings is 1. The summed E-state index contributed by atoms with van der Waals surface area (Å²) in [4.78, 5) is 55.3. The average molecular weight is 489 g/mol. The fourth-order valence-electron chi connectivity index (χ4n) is 3.85. The topological polar surface area (TPSA) is 129 Å². The Hall–Kier alpha value is -3.60. The van der Waals surface area contributed by atoms with Crippen LogP contribution in [0.25, 0.3) is 0 Å². The molecule has 1 aromatic rings. The minimum Gasteiger partial charge on any atom is -0.466 e. The van der Waals surface area contributed by atoms with Crippen molar-refractivity contribution in [3.63, 3.8) is 0 Å². The number of β-amino-alcohol motifs (C(OH)–C–C–N with tert-alkyl or cyclic N) is 1. The second-order valence-corrected chi connectivity index (χ2v) is 9.23. The molecule has 0 radical (unpaired) electrons. The van der Waals surface area contributed by atoms with Gasteiger partial charge in [0.15, 0.2) is 0 Å². The van der Waals surface area contributed by atoms with E-state index in [2.05, 4.69) is 5.32 Å². The van der Waals surface area contributed by atoms with Crippen molar-refractivity contribution in [3.8, 4) is 0 Å². The molecule has 0 spiro atoms. The van der Waals surface area contributed by atoms with Gasteiger partial charge in [0.25, 0.3) is 11.8 Å². The van der Waals surface area contributed by atoms with E-state index < -0.39 is 23.6 Å². The SMILES string of the molecule is COC(=O)C1=C(Nc2ccccc2C(=O)N2CCN(C(=O)OC(C)(C)C)CC2)C(=O)N(CCO)C1. The number of hydrogen-bond donors (Lipinski definition) is 2. The molecule has 11 nitrogen and oxygen atoms in total. The molecule has 2 heterocycles. The highest BCUT2D eigenvalue weighted by Crippen LogP contribution is 2.26. The zero-order valence-electron chi connectivity index (χ0n) is 20.5. The van der Waals surface area contributed by atoms with Crippen molar-refractivity contribution >= 4 is 29.6 Å². The molecule has 2 aliphatic heterocycles. The Balaban J connectivity index is 1.76. The average Bonchev–Trinajstić information content (AvgIpc) is 3.13. The molecule has 0 saturated carbocycles. The molecule has 2 aliphatic rings. The van der Waals surface area contributed by atoms with Crippen molar-refractivity contribution in [2.75, 3.05) is 58.3 Å². The largest absolute Gasteiger partial charge is 0.466 e. The quantitative estimate of drug-likeness (QED) is 0.569. The van der Waals surface area contributed by atoms with Crippen LogP contribution in [0.3, 0.4) is 0 Å². The molecule has 190 valence electrons. The van der Waals surface area contributed by atoms with Gasteiger partial charge in [-0.2, -0.15) is 0 Å². The maximum atomic E-state index is 13.3. The first-order valence-corrected chi connectivity index (χ1v) is 11.4. The summed E-state index contributed by atoms with van der Waals surface area (Å²) in [5.41, 5.74) is 0.224. The Kier molecular flexibility index (Phi) is 8.00. The van der Waals surface area contributed by atoms with E-state index in [1.807, 2.05) is 0 Å². The highest BCUT2D eigenvalue weighted by atomic mass is 16.6. The van der Waals surface area contributed by atoms with Crippen LogP contribution >= 0.6 is 0 Å². The van der Waals surface area contributed by atoms with Gasteiger partial charge in [-0.1, -0.05) is 12.1 Å². The summed E-state index contributed by atoms with van der Waals surface area (Å²) in [6, 6.07) is 6.70. The van der Waals surface area contributed by atoms with Gasteiger partial charge in [0, 0.05) is 32.7 Å². The van der Waals surface area contributed by atoms with E-state index in [1.165, 1.54) is 12.0 Å². The number of aliphatic hydroxyl groups excluding tert-OH is 1. The third-order valence-corrected chi connectivity index (χ3v) is 5.59.